The third-order valence-corrected chi connectivity index (χ3v) is 6.54. The summed E-state index contributed by atoms with van der Waals surface area (Å²) in [7, 11) is 0. The van der Waals surface area contributed by atoms with Gasteiger partial charge in [0.2, 0.25) is 0 Å². The van der Waals surface area contributed by atoms with Crippen LogP contribution in [0.15, 0.2) is 0 Å². The van der Waals surface area contributed by atoms with Crippen LogP contribution in [0, 0.1) is 0 Å². The average Bonchev–Trinajstić information content (AvgIpc) is 2.79. The van der Waals surface area contributed by atoms with Crippen LogP contribution in [0.4, 0.5) is 0 Å². The zero-order valence-electron chi connectivity index (χ0n) is 22.6. The summed E-state index contributed by atoms with van der Waals surface area (Å²) in [4.78, 5) is 8.23. The molecule has 0 amide bonds. The van der Waals surface area contributed by atoms with Gasteiger partial charge in [-0.15, -0.1) is 0 Å². The predicted octanol–water partition coefficient (Wildman–Crippen LogP) is 7.45. The molecule has 3 nitrogen and oxygen atoms in total. The molecule has 0 aromatic carbocycles. The number of hydrogen-bond donors (Lipinski definition) is 0. The third kappa shape index (κ3) is 20.2. The molecule has 31 heavy (non-hydrogen) atoms. The van der Waals surface area contributed by atoms with Crippen molar-refractivity contribution in [3.63, 3.8) is 0 Å². The molecule has 0 unspecified atom stereocenters. The van der Waals surface area contributed by atoms with E-state index in [-0.39, 0.29) is 0 Å². The second-order valence-corrected chi connectivity index (χ2v) is 9.71. The minimum Gasteiger partial charge on any atom is -0.303 e. The lowest BCUT2D eigenvalue weighted by atomic mass is 10.2. The lowest BCUT2D eigenvalue weighted by molar-refractivity contribution is 0.222. The SMILES string of the molecule is CCCCN(CCCC)CCCCN(CCCC)CCCCN(CCCC)CCCC. The Morgan fingerprint density at radius 2 is 0.419 bits per heavy atom. The first-order valence-corrected chi connectivity index (χ1v) is 14.4. The highest BCUT2D eigenvalue weighted by molar-refractivity contribution is 4.64. The summed E-state index contributed by atoms with van der Waals surface area (Å²) in [6, 6.07) is 0. The van der Waals surface area contributed by atoms with E-state index in [4.69, 9.17) is 0 Å². The van der Waals surface area contributed by atoms with Crippen LogP contribution in [-0.2, 0) is 0 Å². The van der Waals surface area contributed by atoms with E-state index >= 15 is 0 Å². The summed E-state index contributed by atoms with van der Waals surface area (Å²) in [5.74, 6) is 0. The molecule has 0 aliphatic heterocycles. The van der Waals surface area contributed by atoms with Crippen LogP contribution in [0.3, 0.4) is 0 Å². The zero-order valence-corrected chi connectivity index (χ0v) is 22.6. The van der Waals surface area contributed by atoms with Gasteiger partial charge in [0.05, 0.1) is 0 Å². The average molecular weight is 440 g/mol. The topological polar surface area (TPSA) is 9.72 Å². The van der Waals surface area contributed by atoms with Crippen LogP contribution in [-0.4, -0.2) is 73.6 Å². The quantitative estimate of drug-likeness (QED) is 0.137. The molecule has 0 N–H and O–H groups in total. The Balaban J connectivity index is 4.19. The lowest BCUT2D eigenvalue weighted by Gasteiger charge is -2.25. The summed E-state index contributed by atoms with van der Waals surface area (Å²) < 4.78 is 0. The van der Waals surface area contributed by atoms with Crippen molar-refractivity contribution in [2.75, 3.05) is 58.9 Å². The monoisotopic (exact) mass is 439 g/mol. The van der Waals surface area contributed by atoms with E-state index in [2.05, 4.69) is 49.3 Å². The van der Waals surface area contributed by atoms with Crippen molar-refractivity contribution in [3.8, 4) is 0 Å². The Bertz CT molecular complexity index is 290. The van der Waals surface area contributed by atoms with Crippen molar-refractivity contribution < 1.29 is 0 Å². The Hall–Kier alpha value is -0.120. The smallest absolute Gasteiger partial charge is 0.00183 e. The molecule has 0 bridgehead atoms. The Labute approximate surface area is 198 Å². The molecule has 0 saturated carbocycles. The Morgan fingerprint density at radius 3 is 0.581 bits per heavy atom. The van der Waals surface area contributed by atoms with Gasteiger partial charge in [-0.1, -0.05) is 66.7 Å². The Kier molecular flexibility index (Phi) is 24.4. The molecule has 0 rings (SSSR count). The molecule has 188 valence electrons. The summed E-state index contributed by atoms with van der Waals surface area (Å²) in [5.41, 5.74) is 0. The molecular formula is C28H61N3. The van der Waals surface area contributed by atoms with Crippen molar-refractivity contribution in [2.24, 2.45) is 0 Å². The van der Waals surface area contributed by atoms with Gasteiger partial charge in [0.1, 0.15) is 0 Å². The molecule has 3 heteroatoms. The van der Waals surface area contributed by atoms with E-state index < -0.39 is 0 Å². The lowest BCUT2D eigenvalue weighted by Crippen LogP contribution is -2.31. The number of rotatable bonds is 25. The molecule has 0 aliphatic rings. The van der Waals surface area contributed by atoms with E-state index in [1.807, 2.05) is 0 Å². The molecule has 0 radical (unpaired) electrons. The van der Waals surface area contributed by atoms with Gasteiger partial charge in [0, 0.05) is 0 Å². The molecule has 0 heterocycles. The first kappa shape index (κ1) is 30.9. The van der Waals surface area contributed by atoms with Crippen LogP contribution >= 0.6 is 0 Å². The first-order valence-electron chi connectivity index (χ1n) is 14.4. The maximum atomic E-state index is 2.77. The second-order valence-electron chi connectivity index (χ2n) is 9.71. The summed E-state index contributed by atoms with van der Waals surface area (Å²) >= 11 is 0. The van der Waals surface area contributed by atoms with E-state index in [9.17, 15) is 0 Å². The molecule has 0 saturated heterocycles. The van der Waals surface area contributed by atoms with Gasteiger partial charge in [-0.3, -0.25) is 0 Å². The predicted molar refractivity (Wildman–Crippen MR) is 142 cm³/mol. The van der Waals surface area contributed by atoms with Crippen LogP contribution in [0.1, 0.15) is 125 Å². The van der Waals surface area contributed by atoms with Crippen LogP contribution in [0.2, 0.25) is 0 Å². The third-order valence-electron chi connectivity index (χ3n) is 6.54. The second kappa shape index (κ2) is 24.5. The van der Waals surface area contributed by atoms with Gasteiger partial charge in [-0.05, 0) is 117 Å². The molecule has 0 aromatic heterocycles. The highest BCUT2D eigenvalue weighted by Gasteiger charge is 2.08. The minimum atomic E-state index is 1.31. The molecule has 0 spiro atoms. The van der Waals surface area contributed by atoms with Crippen molar-refractivity contribution >= 4 is 0 Å². The van der Waals surface area contributed by atoms with Crippen molar-refractivity contribution in [1.82, 2.24) is 14.7 Å². The van der Waals surface area contributed by atoms with E-state index in [1.54, 1.807) is 0 Å². The fourth-order valence-corrected chi connectivity index (χ4v) is 4.26. The molecular weight excluding hydrogens is 378 g/mol. The van der Waals surface area contributed by atoms with Crippen LogP contribution in [0.5, 0.6) is 0 Å². The first-order chi connectivity index (χ1) is 15.2. The van der Waals surface area contributed by atoms with Gasteiger partial charge in [-0.2, -0.15) is 0 Å². The van der Waals surface area contributed by atoms with Crippen molar-refractivity contribution in [2.45, 2.75) is 125 Å². The van der Waals surface area contributed by atoms with Crippen molar-refractivity contribution in [1.29, 1.82) is 0 Å². The molecule has 0 aliphatic carbocycles. The highest BCUT2D eigenvalue weighted by Crippen LogP contribution is 2.07. The molecule has 0 fully saturated rings. The number of nitrogens with zero attached hydrogens (tertiary/aromatic N) is 3. The minimum absolute atomic E-state index is 1.31. The summed E-state index contributed by atoms with van der Waals surface area (Å²) in [6.45, 7) is 23.4. The highest BCUT2D eigenvalue weighted by atomic mass is 15.1. The number of unbranched alkanes of at least 4 members (excludes halogenated alkanes) is 7. The van der Waals surface area contributed by atoms with E-state index in [1.165, 1.54) is 149 Å². The van der Waals surface area contributed by atoms with Crippen LogP contribution in [0.25, 0.3) is 0 Å². The van der Waals surface area contributed by atoms with Gasteiger partial charge < -0.3 is 14.7 Å². The maximum Gasteiger partial charge on any atom is -0.00183 e. The Morgan fingerprint density at radius 1 is 0.258 bits per heavy atom. The largest absolute Gasteiger partial charge is 0.303 e. The van der Waals surface area contributed by atoms with Gasteiger partial charge in [0.25, 0.3) is 0 Å². The fourth-order valence-electron chi connectivity index (χ4n) is 4.26. The van der Waals surface area contributed by atoms with Gasteiger partial charge in [0.15, 0.2) is 0 Å². The summed E-state index contributed by atoms with van der Waals surface area (Å²) in [6.07, 6.45) is 18.9. The fraction of sp³-hybridized carbons (Fsp3) is 1.00. The number of hydrogen-bond acceptors (Lipinski definition) is 3. The van der Waals surface area contributed by atoms with E-state index in [0.717, 1.165) is 0 Å². The maximum absolute atomic E-state index is 2.77. The van der Waals surface area contributed by atoms with Crippen LogP contribution < -0.4 is 0 Å². The van der Waals surface area contributed by atoms with Gasteiger partial charge in [-0.25, -0.2) is 0 Å². The summed E-state index contributed by atoms with van der Waals surface area (Å²) in [5, 5.41) is 0. The standard InChI is InChI=1S/C28H61N3/c1-6-11-20-29(21-12-7-2)25-16-18-27-31(24-15-10-5)28-19-17-26-30(22-13-8-3)23-14-9-4/h6-28H2,1-5H3. The van der Waals surface area contributed by atoms with E-state index in [0.29, 0.717) is 0 Å². The van der Waals surface area contributed by atoms with Gasteiger partial charge >= 0.3 is 0 Å². The molecule has 0 aromatic rings. The molecule has 0 atom stereocenters. The van der Waals surface area contributed by atoms with Crippen molar-refractivity contribution in [3.05, 3.63) is 0 Å². The zero-order chi connectivity index (χ0) is 23.0. The normalized spacial score (nSPS) is 12.0.